The molecule has 0 spiro atoms. The summed E-state index contributed by atoms with van der Waals surface area (Å²) in [4.78, 5) is 0. The molecule has 1 aliphatic heterocycles. The molecule has 1 aromatic heterocycles. The van der Waals surface area contributed by atoms with Crippen molar-refractivity contribution in [3.63, 3.8) is 0 Å². The Labute approximate surface area is 95.6 Å². The van der Waals surface area contributed by atoms with Crippen molar-refractivity contribution in [1.29, 1.82) is 0 Å². The van der Waals surface area contributed by atoms with Crippen LogP contribution in [0.4, 0.5) is 0 Å². The van der Waals surface area contributed by atoms with Gasteiger partial charge in [-0.3, -0.25) is 0 Å². The van der Waals surface area contributed by atoms with Gasteiger partial charge in [0, 0.05) is 19.2 Å². The van der Waals surface area contributed by atoms with Gasteiger partial charge in [-0.2, -0.15) is 11.3 Å². The van der Waals surface area contributed by atoms with Gasteiger partial charge in [-0.15, -0.1) is 0 Å². The molecule has 1 aliphatic rings. The number of nitrogens with one attached hydrogen (secondary N) is 1. The van der Waals surface area contributed by atoms with Gasteiger partial charge < -0.3 is 10.1 Å². The standard InChI is InChI=1S/C12H19NOS/c1-9(11-4-6-15-8-11)7-13-12-3-5-14-10(12)2/h4,6,8-10,12-13H,3,5,7H2,1-2H3. The van der Waals surface area contributed by atoms with Crippen molar-refractivity contribution in [3.8, 4) is 0 Å². The van der Waals surface area contributed by atoms with E-state index in [1.54, 1.807) is 11.3 Å². The lowest BCUT2D eigenvalue weighted by Gasteiger charge is -2.18. The van der Waals surface area contributed by atoms with Crippen LogP contribution in [0.2, 0.25) is 0 Å². The molecular formula is C12H19NOS. The van der Waals surface area contributed by atoms with Crippen molar-refractivity contribution in [2.24, 2.45) is 0 Å². The van der Waals surface area contributed by atoms with Crippen molar-refractivity contribution < 1.29 is 4.74 Å². The second-order valence-corrected chi connectivity index (χ2v) is 5.12. The molecule has 0 saturated carbocycles. The fourth-order valence-electron chi connectivity index (χ4n) is 2.00. The van der Waals surface area contributed by atoms with Crippen LogP contribution in [0.25, 0.3) is 0 Å². The van der Waals surface area contributed by atoms with Gasteiger partial charge in [0.05, 0.1) is 6.10 Å². The lowest BCUT2D eigenvalue weighted by atomic mass is 10.0. The number of thiophene rings is 1. The molecule has 0 radical (unpaired) electrons. The molecule has 0 aromatic carbocycles. The average Bonchev–Trinajstić information content (AvgIpc) is 2.85. The molecule has 1 aromatic rings. The van der Waals surface area contributed by atoms with E-state index in [0.29, 0.717) is 18.1 Å². The van der Waals surface area contributed by atoms with Crippen LogP contribution in [0.1, 0.15) is 31.7 Å². The van der Waals surface area contributed by atoms with Crippen LogP contribution in [-0.2, 0) is 4.74 Å². The zero-order chi connectivity index (χ0) is 10.7. The van der Waals surface area contributed by atoms with Crippen LogP contribution >= 0.6 is 11.3 Å². The molecule has 1 saturated heterocycles. The van der Waals surface area contributed by atoms with E-state index in [-0.39, 0.29) is 0 Å². The summed E-state index contributed by atoms with van der Waals surface area (Å²) >= 11 is 1.77. The Kier molecular flexibility index (Phi) is 3.78. The van der Waals surface area contributed by atoms with Gasteiger partial charge in [0.25, 0.3) is 0 Å². The van der Waals surface area contributed by atoms with Crippen LogP contribution in [0, 0.1) is 0 Å². The van der Waals surface area contributed by atoms with E-state index < -0.39 is 0 Å². The largest absolute Gasteiger partial charge is 0.377 e. The molecule has 84 valence electrons. The molecule has 0 amide bonds. The molecule has 0 aliphatic carbocycles. The summed E-state index contributed by atoms with van der Waals surface area (Å²) in [6.45, 7) is 6.39. The molecule has 3 unspecified atom stereocenters. The van der Waals surface area contributed by atoms with Gasteiger partial charge in [0.15, 0.2) is 0 Å². The average molecular weight is 225 g/mol. The van der Waals surface area contributed by atoms with E-state index in [1.165, 1.54) is 5.56 Å². The summed E-state index contributed by atoms with van der Waals surface area (Å²) in [5.41, 5.74) is 1.44. The second kappa shape index (κ2) is 5.10. The third-order valence-electron chi connectivity index (χ3n) is 3.17. The van der Waals surface area contributed by atoms with E-state index >= 15 is 0 Å². The highest BCUT2D eigenvalue weighted by molar-refractivity contribution is 7.07. The molecule has 3 atom stereocenters. The molecule has 2 rings (SSSR count). The monoisotopic (exact) mass is 225 g/mol. The maximum Gasteiger partial charge on any atom is 0.0700 e. The zero-order valence-electron chi connectivity index (χ0n) is 9.40. The van der Waals surface area contributed by atoms with E-state index in [9.17, 15) is 0 Å². The first-order valence-electron chi connectivity index (χ1n) is 5.64. The van der Waals surface area contributed by atoms with Gasteiger partial charge in [-0.05, 0) is 41.7 Å². The summed E-state index contributed by atoms with van der Waals surface area (Å²) in [5.74, 6) is 0.601. The van der Waals surface area contributed by atoms with Gasteiger partial charge in [0.2, 0.25) is 0 Å². The maximum atomic E-state index is 5.53. The number of hydrogen-bond donors (Lipinski definition) is 1. The zero-order valence-corrected chi connectivity index (χ0v) is 10.2. The van der Waals surface area contributed by atoms with Crippen molar-refractivity contribution in [2.45, 2.75) is 38.3 Å². The second-order valence-electron chi connectivity index (χ2n) is 4.34. The van der Waals surface area contributed by atoms with E-state index in [2.05, 4.69) is 36.0 Å². The van der Waals surface area contributed by atoms with Crippen molar-refractivity contribution in [1.82, 2.24) is 5.32 Å². The Morgan fingerprint density at radius 1 is 1.67 bits per heavy atom. The molecule has 1 fully saturated rings. The highest BCUT2D eigenvalue weighted by Gasteiger charge is 2.23. The lowest BCUT2D eigenvalue weighted by molar-refractivity contribution is 0.113. The Balaban J connectivity index is 1.78. The van der Waals surface area contributed by atoms with E-state index in [0.717, 1.165) is 19.6 Å². The fourth-order valence-corrected chi connectivity index (χ4v) is 2.78. The first kappa shape index (κ1) is 11.1. The van der Waals surface area contributed by atoms with Crippen molar-refractivity contribution >= 4 is 11.3 Å². The van der Waals surface area contributed by atoms with Crippen molar-refractivity contribution in [2.75, 3.05) is 13.2 Å². The third kappa shape index (κ3) is 2.80. The number of rotatable bonds is 4. The van der Waals surface area contributed by atoms with Crippen LogP contribution in [0.3, 0.4) is 0 Å². The minimum atomic E-state index is 0.375. The quantitative estimate of drug-likeness (QED) is 0.850. The maximum absolute atomic E-state index is 5.53. The van der Waals surface area contributed by atoms with E-state index in [1.807, 2.05) is 0 Å². The van der Waals surface area contributed by atoms with Gasteiger partial charge in [-0.1, -0.05) is 6.92 Å². The Bertz CT molecular complexity index is 286. The summed E-state index contributed by atoms with van der Waals surface area (Å²) < 4.78 is 5.53. The van der Waals surface area contributed by atoms with Crippen molar-refractivity contribution in [3.05, 3.63) is 22.4 Å². The smallest absolute Gasteiger partial charge is 0.0700 e. The molecule has 1 N–H and O–H groups in total. The Hall–Kier alpha value is -0.380. The molecule has 2 nitrogen and oxygen atoms in total. The highest BCUT2D eigenvalue weighted by atomic mass is 32.1. The molecule has 3 heteroatoms. The molecule has 2 heterocycles. The van der Waals surface area contributed by atoms with Gasteiger partial charge in [0.1, 0.15) is 0 Å². The number of hydrogen-bond acceptors (Lipinski definition) is 3. The van der Waals surface area contributed by atoms with Crippen LogP contribution in [0.5, 0.6) is 0 Å². The molecule has 15 heavy (non-hydrogen) atoms. The van der Waals surface area contributed by atoms with E-state index in [4.69, 9.17) is 4.74 Å². The molecular weight excluding hydrogens is 206 g/mol. The summed E-state index contributed by atoms with van der Waals surface area (Å²) in [7, 11) is 0. The SMILES string of the molecule is CC(CNC1CCOC1C)c1ccsc1. The Morgan fingerprint density at radius 2 is 2.53 bits per heavy atom. The topological polar surface area (TPSA) is 21.3 Å². The highest BCUT2D eigenvalue weighted by Crippen LogP contribution is 2.19. The summed E-state index contributed by atoms with van der Waals surface area (Å²) in [6.07, 6.45) is 1.53. The predicted molar refractivity (Wildman–Crippen MR) is 64.6 cm³/mol. The summed E-state index contributed by atoms with van der Waals surface area (Å²) in [6, 6.07) is 2.76. The van der Waals surface area contributed by atoms with Gasteiger partial charge in [-0.25, -0.2) is 0 Å². The molecule has 0 bridgehead atoms. The fraction of sp³-hybridized carbons (Fsp3) is 0.667. The van der Waals surface area contributed by atoms with Crippen LogP contribution in [-0.4, -0.2) is 25.3 Å². The Morgan fingerprint density at radius 3 is 3.13 bits per heavy atom. The van der Waals surface area contributed by atoms with Crippen LogP contribution in [0.15, 0.2) is 16.8 Å². The first-order chi connectivity index (χ1) is 7.27. The normalized spacial score (nSPS) is 28.1. The summed E-state index contributed by atoms with van der Waals surface area (Å²) in [5, 5.41) is 7.98. The minimum Gasteiger partial charge on any atom is -0.377 e. The third-order valence-corrected chi connectivity index (χ3v) is 3.88. The first-order valence-corrected chi connectivity index (χ1v) is 6.58. The number of ether oxygens (including phenoxy) is 1. The lowest BCUT2D eigenvalue weighted by Crippen LogP contribution is -2.36. The van der Waals surface area contributed by atoms with Crippen LogP contribution < -0.4 is 5.32 Å². The minimum absolute atomic E-state index is 0.375. The van der Waals surface area contributed by atoms with Gasteiger partial charge >= 0.3 is 0 Å². The predicted octanol–water partition coefficient (Wildman–Crippen LogP) is 2.62.